The highest BCUT2D eigenvalue weighted by Gasteiger charge is 2.35. The molecular weight excluding hydrogens is 409 g/mol. The summed E-state index contributed by atoms with van der Waals surface area (Å²) in [7, 11) is 0. The third kappa shape index (κ3) is 4.76. The number of rotatable bonds is 6. The molecule has 0 unspecified atom stereocenters. The van der Waals surface area contributed by atoms with Crippen LogP contribution in [0.3, 0.4) is 0 Å². The van der Waals surface area contributed by atoms with E-state index in [4.69, 9.17) is 9.26 Å². The Bertz CT molecular complexity index is 1150. The summed E-state index contributed by atoms with van der Waals surface area (Å²) in [5.41, 5.74) is 1.03. The van der Waals surface area contributed by atoms with E-state index in [1.165, 1.54) is 12.1 Å². The van der Waals surface area contributed by atoms with Crippen LogP contribution in [0.15, 0.2) is 65.7 Å². The number of benzene rings is 2. The summed E-state index contributed by atoms with van der Waals surface area (Å²) in [6.45, 7) is 4.00. The second kappa shape index (κ2) is 8.25. The average Bonchev–Trinajstić information content (AvgIpc) is 3.40. The number of halogens is 3. The fourth-order valence-corrected chi connectivity index (χ4v) is 3.05. The number of aromatic nitrogens is 4. The SMILES string of the molecule is CC(C)Oc1ccc(-c2nc(-c3ccc(Cn4ccnc4)cc3)no2)cc1C(F)(F)F. The molecule has 0 spiro atoms. The Balaban J connectivity index is 1.58. The fourth-order valence-electron chi connectivity index (χ4n) is 3.05. The van der Waals surface area contributed by atoms with Gasteiger partial charge in [-0.3, -0.25) is 0 Å². The van der Waals surface area contributed by atoms with Gasteiger partial charge in [0.05, 0.1) is 18.0 Å². The van der Waals surface area contributed by atoms with Gasteiger partial charge in [0.2, 0.25) is 5.82 Å². The summed E-state index contributed by atoms with van der Waals surface area (Å²) in [6.07, 6.45) is 0.339. The summed E-state index contributed by atoms with van der Waals surface area (Å²) in [4.78, 5) is 8.28. The largest absolute Gasteiger partial charge is 0.490 e. The normalized spacial score (nSPS) is 11.8. The van der Waals surface area contributed by atoms with Crippen LogP contribution in [0.4, 0.5) is 13.2 Å². The average molecular weight is 428 g/mol. The van der Waals surface area contributed by atoms with Crippen molar-refractivity contribution in [2.45, 2.75) is 32.7 Å². The molecule has 0 fully saturated rings. The van der Waals surface area contributed by atoms with Crippen molar-refractivity contribution in [2.24, 2.45) is 0 Å². The number of hydrogen-bond acceptors (Lipinski definition) is 5. The Morgan fingerprint density at radius 2 is 1.81 bits per heavy atom. The molecule has 0 amide bonds. The maximum atomic E-state index is 13.5. The molecule has 0 bridgehead atoms. The maximum Gasteiger partial charge on any atom is 0.419 e. The highest BCUT2D eigenvalue weighted by Crippen LogP contribution is 2.39. The summed E-state index contributed by atoms with van der Waals surface area (Å²) in [5, 5.41) is 3.92. The second-order valence-corrected chi connectivity index (χ2v) is 7.23. The minimum Gasteiger partial charge on any atom is -0.490 e. The zero-order valence-corrected chi connectivity index (χ0v) is 16.8. The van der Waals surface area contributed by atoms with E-state index >= 15 is 0 Å². The van der Waals surface area contributed by atoms with Crippen LogP contribution in [-0.4, -0.2) is 25.8 Å². The zero-order chi connectivity index (χ0) is 22.0. The molecule has 0 aliphatic rings. The van der Waals surface area contributed by atoms with E-state index < -0.39 is 17.8 Å². The van der Waals surface area contributed by atoms with E-state index in [-0.39, 0.29) is 17.2 Å². The Hall–Kier alpha value is -3.62. The molecule has 0 saturated carbocycles. The monoisotopic (exact) mass is 428 g/mol. The summed E-state index contributed by atoms with van der Waals surface area (Å²) < 4.78 is 52.9. The maximum absolute atomic E-state index is 13.5. The van der Waals surface area contributed by atoms with Gasteiger partial charge in [0.15, 0.2) is 0 Å². The Morgan fingerprint density at radius 1 is 1.06 bits per heavy atom. The van der Waals surface area contributed by atoms with Gasteiger partial charge in [-0.1, -0.05) is 29.4 Å². The summed E-state index contributed by atoms with van der Waals surface area (Å²) in [6, 6.07) is 11.2. The van der Waals surface area contributed by atoms with Gasteiger partial charge in [0.25, 0.3) is 5.89 Å². The van der Waals surface area contributed by atoms with Crippen molar-refractivity contribution in [1.29, 1.82) is 0 Å². The van der Waals surface area contributed by atoms with Crippen LogP contribution in [0, 0.1) is 0 Å². The van der Waals surface area contributed by atoms with Crippen LogP contribution in [0.5, 0.6) is 5.75 Å². The molecule has 2 aromatic heterocycles. The van der Waals surface area contributed by atoms with E-state index in [0.717, 1.165) is 11.6 Å². The van der Waals surface area contributed by atoms with Crippen molar-refractivity contribution in [3.8, 4) is 28.6 Å². The lowest BCUT2D eigenvalue weighted by molar-refractivity contribution is -0.139. The van der Waals surface area contributed by atoms with Crippen LogP contribution >= 0.6 is 0 Å². The highest BCUT2D eigenvalue weighted by molar-refractivity contribution is 5.62. The van der Waals surface area contributed by atoms with Gasteiger partial charge in [0.1, 0.15) is 5.75 Å². The van der Waals surface area contributed by atoms with Crippen LogP contribution in [-0.2, 0) is 12.7 Å². The molecule has 31 heavy (non-hydrogen) atoms. The Kier molecular flexibility index (Phi) is 5.50. The molecule has 0 atom stereocenters. The van der Waals surface area contributed by atoms with Crippen molar-refractivity contribution in [2.75, 3.05) is 0 Å². The molecule has 9 heteroatoms. The first kappa shape index (κ1) is 20.6. The molecule has 2 heterocycles. The number of ether oxygens (including phenoxy) is 1. The summed E-state index contributed by atoms with van der Waals surface area (Å²) in [5.74, 6) is 0.0544. The molecule has 0 radical (unpaired) electrons. The Morgan fingerprint density at radius 3 is 2.45 bits per heavy atom. The lowest BCUT2D eigenvalue weighted by atomic mass is 10.1. The van der Waals surface area contributed by atoms with E-state index in [2.05, 4.69) is 15.1 Å². The first-order valence-corrected chi connectivity index (χ1v) is 9.56. The minimum atomic E-state index is -4.58. The molecule has 160 valence electrons. The van der Waals surface area contributed by atoms with Gasteiger partial charge in [0, 0.05) is 30.1 Å². The first-order chi connectivity index (χ1) is 14.8. The van der Waals surface area contributed by atoms with Crippen molar-refractivity contribution in [3.05, 3.63) is 72.3 Å². The van der Waals surface area contributed by atoms with Crippen molar-refractivity contribution in [1.82, 2.24) is 19.7 Å². The van der Waals surface area contributed by atoms with Crippen molar-refractivity contribution >= 4 is 0 Å². The summed E-state index contributed by atoms with van der Waals surface area (Å²) >= 11 is 0. The van der Waals surface area contributed by atoms with Crippen LogP contribution in [0.25, 0.3) is 22.8 Å². The second-order valence-electron chi connectivity index (χ2n) is 7.23. The minimum absolute atomic E-state index is 0.000844. The van der Waals surface area contributed by atoms with Gasteiger partial charge in [-0.05, 0) is 37.6 Å². The first-order valence-electron chi connectivity index (χ1n) is 9.56. The topological polar surface area (TPSA) is 66.0 Å². The zero-order valence-electron chi connectivity index (χ0n) is 16.8. The lowest BCUT2D eigenvalue weighted by Gasteiger charge is -2.16. The molecule has 0 aliphatic carbocycles. The number of hydrogen-bond donors (Lipinski definition) is 0. The standard InChI is InChI=1S/C22H19F3N4O2/c1-14(2)30-19-8-7-17(11-18(19)22(23,24)25)21-27-20(28-31-21)16-5-3-15(4-6-16)12-29-10-9-26-13-29/h3-11,13-14H,12H2,1-2H3. The molecule has 0 aliphatic heterocycles. The van der Waals surface area contributed by atoms with E-state index in [9.17, 15) is 13.2 Å². The van der Waals surface area contributed by atoms with Crippen molar-refractivity contribution in [3.63, 3.8) is 0 Å². The third-order valence-electron chi connectivity index (χ3n) is 4.46. The number of nitrogens with zero attached hydrogens (tertiary/aromatic N) is 4. The number of alkyl halides is 3. The predicted molar refractivity (Wildman–Crippen MR) is 107 cm³/mol. The van der Waals surface area contributed by atoms with Gasteiger partial charge in [-0.2, -0.15) is 18.2 Å². The molecule has 0 N–H and O–H groups in total. The predicted octanol–water partition coefficient (Wildman–Crippen LogP) is 5.45. The van der Waals surface area contributed by atoms with E-state index in [0.29, 0.717) is 17.9 Å². The smallest absolute Gasteiger partial charge is 0.419 e. The van der Waals surface area contributed by atoms with E-state index in [1.807, 2.05) is 35.0 Å². The molecule has 4 aromatic rings. The van der Waals surface area contributed by atoms with Crippen LogP contribution in [0.2, 0.25) is 0 Å². The molecule has 4 rings (SSSR count). The highest BCUT2D eigenvalue weighted by atomic mass is 19.4. The van der Waals surface area contributed by atoms with Gasteiger partial charge >= 0.3 is 6.18 Å². The van der Waals surface area contributed by atoms with Gasteiger partial charge in [-0.15, -0.1) is 0 Å². The van der Waals surface area contributed by atoms with E-state index in [1.54, 1.807) is 26.4 Å². The number of imidazole rings is 1. The van der Waals surface area contributed by atoms with Crippen molar-refractivity contribution < 1.29 is 22.4 Å². The molecule has 0 saturated heterocycles. The fraction of sp³-hybridized carbons (Fsp3) is 0.227. The third-order valence-corrected chi connectivity index (χ3v) is 4.46. The van der Waals surface area contributed by atoms with Gasteiger partial charge in [-0.25, -0.2) is 4.98 Å². The van der Waals surface area contributed by atoms with Gasteiger partial charge < -0.3 is 13.8 Å². The molecule has 2 aromatic carbocycles. The van der Waals surface area contributed by atoms with Crippen LogP contribution < -0.4 is 4.74 Å². The molecule has 6 nitrogen and oxygen atoms in total. The van der Waals surface area contributed by atoms with Crippen LogP contribution in [0.1, 0.15) is 25.0 Å². The molecular formula is C22H19F3N4O2. The Labute approximate surface area is 176 Å². The lowest BCUT2D eigenvalue weighted by Crippen LogP contribution is -2.13. The quantitative estimate of drug-likeness (QED) is 0.408.